The van der Waals surface area contributed by atoms with Crippen molar-refractivity contribution >= 4 is 49.2 Å². The molecule has 0 aliphatic carbocycles. The van der Waals surface area contributed by atoms with Gasteiger partial charge in [-0.25, -0.2) is 8.42 Å². The molecule has 0 unspecified atom stereocenters. The first-order chi connectivity index (χ1) is 19.0. The van der Waals surface area contributed by atoms with E-state index in [1.165, 1.54) is 4.31 Å². The Hall–Kier alpha value is -4.88. The molecule has 0 aliphatic heterocycles. The van der Waals surface area contributed by atoms with Crippen LogP contribution in [-0.4, -0.2) is 14.3 Å². The van der Waals surface area contributed by atoms with Crippen LogP contribution in [0.25, 0.3) is 21.9 Å². The highest BCUT2D eigenvalue weighted by molar-refractivity contribution is 7.92. The molecule has 1 aromatic heterocycles. The van der Waals surface area contributed by atoms with Gasteiger partial charge in [-0.2, -0.15) is 0 Å². The number of anilines is 2. The van der Waals surface area contributed by atoms with Crippen LogP contribution in [0.2, 0.25) is 0 Å². The first-order valence-corrected chi connectivity index (χ1v) is 13.9. The maximum atomic E-state index is 13.9. The predicted octanol–water partition coefficient (Wildman–Crippen LogP) is 7.23. The predicted molar refractivity (Wildman–Crippen MR) is 154 cm³/mol. The van der Waals surface area contributed by atoms with Crippen LogP contribution in [0.3, 0.4) is 0 Å². The molecule has 6 aromatic rings. The highest BCUT2D eigenvalue weighted by atomic mass is 32.2. The Kier molecular flexibility index (Phi) is 6.34. The summed E-state index contributed by atoms with van der Waals surface area (Å²) in [6.07, 6.45) is 0. The fraction of sp³-hybridized carbons (Fsp3) is 0.0312. The van der Waals surface area contributed by atoms with Crippen LogP contribution in [0.15, 0.2) is 137 Å². The van der Waals surface area contributed by atoms with Gasteiger partial charge in [0.2, 0.25) is 0 Å². The SMILES string of the molecule is O=C(Nc1ccc2c(c1)oc1ccccc12)c1ccccc1N(Cc1ccccc1)S(=O)(=O)c1ccccc1. The summed E-state index contributed by atoms with van der Waals surface area (Å²) in [5.74, 6) is -0.428. The van der Waals surface area contributed by atoms with Crippen LogP contribution >= 0.6 is 0 Å². The van der Waals surface area contributed by atoms with Gasteiger partial charge in [-0.15, -0.1) is 0 Å². The molecule has 39 heavy (non-hydrogen) atoms. The van der Waals surface area contributed by atoms with Crippen LogP contribution in [0.5, 0.6) is 0 Å². The number of benzene rings is 5. The molecule has 6 nitrogen and oxygen atoms in total. The number of rotatable bonds is 7. The lowest BCUT2D eigenvalue weighted by molar-refractivity contribution is 0.102. The molecule has 0 radical (unpaired) electrons. The molecule has 0 bridgehead atoms. The summed E-state index contributed by atoms with van der Waals surface area (Å²) in [7, 11) is -3.99. The van der Waals surface area contributed by atoms with Crippen molar-refractivity contribution in [1.82, 2.24) is 0 Å². The summed E-state index contributed by atoms with van der Waals surface area (Å²) in [6.45, 7) is 0.0628. The van der Waals surface area contributed by atoms with Crippen LogP contribution in [0.4, 0.5) is 11.4 Å². The zero-order valence-electron chi connectivity index (χ0n) is 20.8. The summed E-state index contributed by atoms with van der Waals surface area (Å²) in [5, 5.41) is 4.87. The zero-order chi connectivity index (χ0) is 26.8. The van der Waals surface area contributed by atoms with E-state index in [0.29, 0.717) is 11.3 Å². The third-order valence-electron chi connectivity index (χ3n) is 6.55. The first-order valence-electron chi connectivity index (χ1n) is 12.4. The van der Waals surface area contributed by atoms with Gasteiger partial charge in [-0.1, -0.05) is 78.9 Å². The van der Waals surface area contributed by atoms with Crippen molar-refractivity contribution in [3.05, 3.63) is 139 Å². The van der Waals surface area contributed by atoms with Gasteiger partial charge in [0.15, 0.2) is 0 Å². The second kappa shape index (κ2) is 10.1. The maximum Gasteiger partial charge on any atom is 0.264 e. The first kappa shape index (κ1) is 24.5. The molecule has 0 spiro atoms. The summed E-state index contributed by atoms with van der Waals surface area (Å²) in [6, 6.07) is 37.5. The van der Waals surface area contributed by atoms with E-state index in [-0.39, 0.29) is 22.7 Å². The Balaban J connectivity index is 1.38. The lowest BCUT2D eigenvalue weighted by atomic mass is 10.1. The number of para-hydroxylation sites is 2. The van der Waals surface area contributed by atoms with Crippen LogP contribution in [0, 0.1) is 0 Å². The van der Waals surface area contributed by atoms with Gasteiger partial charge in [0, 0.05) is 22.5 Å². The van der Waals surface area contributed by atoms with Crippen molar-refractivity contribution in [3.63, 3.8) is 0 Å². The number of sulfonamides is 1. The maximum absolute atomic E-state index is 13.9. The van der Waals surface area contributed by atoms with Crippen molar-refractivity contribution < 1.29 is 17.6 Å². The molecule has 192 valence electrons. The van der Waals surface area contributed by atoms with E-state index in [9.17, 15) is 13.2 Å². The minimum absolute atomic E-state index is 0.0628. The standard InChI is InChI=1S/C32H24N2O4S/c35-32(33-24-19-20-27-26-15-8-10-18-30(26)38-31(27)21-24)28-16-7-9-17-29(28)34(22-23-11-3-1-4-12-23)39(36,37)25-13-5-2-6-14-25/h1-21H,22H2,(H,33,35). The van der Waals surface area contributed by atoms with Crippen molar-refractivity contribution in [1.29, 1.82) is 0 Å². The number of hydrogen-bond donors (Lipinski definition) is 1. The highest BCUT2D eigenvalue weighted by Gasteiger charge is 2.28. The number of furan rings is 1. The molecular weight excluding hydrogens is 508 g/mol. The molecule has 1 amide bonds. The fourth-order valence-electron chi connectivity index (χ4n) is 4.65. The van der Waals surface area contributed by atoms with Gasteiger partial charge in [0.25, 0.3) is 15.9 Å². The number of nitrogens with one attached hydrogen (secondary N) is 1. The van der Waals surface area contributed by atoms with Gasteiger partial charge < -0.3 is 9.73 Å². The Bertz CT molecular complexity index is 1900. The summed E-state index contributed by atoms with van der Waals surface area (Å²) >= 11 is 0. The van der Waals surface area contributed by atoms with E-state index in [1.54, 1.807) is 60.7 Å². The van der Waals surface area contributed by atoms with Gasteiger partial charge in [0.1, 0.15) is 11.2 Å². The average molecular weight is 533 g/mol. The monoisotopic (exact) mass is 532 g/mol. The zero-order valence-corrected chi connectivity index (χ0v) is 21.6. The molecule has 1 heterocycles. The largest absolute Gasteiger partial charge is 0.456 e. The van der Waals surface area contributed by atoms with E-state index in [4.69, 9.17) is 4.42 Å². The molecule has 0 saturated carbocycles. The van der Waals surface area contributed by atoms with E-state index in [0.717, 1.165) is 21.9 Å². The molecule has 1 N–H and O–H groups in total. The summed E-state index contributed by atoms with van der Waals surface area (Å²) in [4.78, 5) is 13.7. The van der Waals surface area contributed by atoms with E-state index >= 15 is 0 Å². The van der Waals surface area contributed by atoms with Crippen molar-refractivity contribution in [3.8, 4) is 0 Å². The Labute approximate surface area is 226 Å². The normalized spacial score (nSPS) is 11.5. The molecule has 0 atom stereocenters. The molecular formula is C32H24N2O4S. The summed E-state index contributed by atoms with van der Waals surface area (Å²) in [5.41, 5.74) is 3.28. The number of amides is 1. The molecule has 0 saturated heterocycles. The highest BCUT2D eigenvalue weighted by Crippen LogP contribution is 2.32. The Morgan fingerprint density at radius 3 is 2.13 bits per heavy atom. The van der Waals surface area contributed by atoms with Gasteiger partial charge >= 0.3 is 0 Å². The number of nitrogens with zero attached hydrogens (tertiary/aromatic N) is 1. The quantitative estimate of drug-likeness (QED) is 0.235. The van der Waals surface area contributed by atoms with Crippen molar-refractivity contribution in [2.75, 3.05) is 9.62 Å². The number of fused-ring (bicyclic) bond motifs is 3. The van der Waals surface area contributed by atoms with Crippen LogP contribution in [-0.2, 0) is 16.6 Å². The van der Waals surface area contributed by atoms with Gasteiger partial charge in [0.05, 0.1) is 22.7 Å². The number of carbonyl (C=O) groups excluding carboxylic acids is 1. The van der Waals surface area contributed by atoms with Gasteiger partial charge in [-0.3, -0.25) is 9.10 Å². The third kappa shape index (κ3) is 4.76. The van der Waals surface area contributed by atoms with Crippen molar-refractivity contribution in [2.24, 2.45) is 0 Å². The average Bonchev–Trinajstić information content (AvgIpc) is 3.34. The van der Waals surface area contributed by atoms with Gasteiger partial charge in [-0.05, 0) is 48.0 Å². The molecule has 7 heteroatoms. The number of carbonyl (C=O) groups is 1. The summed E-state index contributed by atoms with van der Waals surface area (Å²) < 4.78 is 35.0. The smallest absolute Gasteiger partial charge is 0.264 e. The molecule has 0 fully saturated rings. The third-order valence-corrected chi connectivity index (χ3v) is 8.33. The second-order valence-electron chi connectivity index (χ2n) is 9.09. The van der Waals surface area contributed by atoms with Crippen molar-refractivity contribution in [2.45, 2.75) is 11.4 Å². The lowest BCUT2D eigenvalue weighted by Gasteiger charge is -2.26. The topological polar surface area (TPSA) is 79.6 Å². The van der Waals surface area contributed by atoms with Crippen LogP contribution in [0.1, 0.15) is 15.9 Å². The molecule has 6 rings (SSSR count). The minimum Gasteiger partial charge on any atom is -0.456 e. The van der Waals surface area contributed by atoms with Crippen LogP contribution < -0.4 is 9.62 Å². The Morgan fingerprint density at radius 1 is 0.692 bits per heavy atom. The lowest BCUT2D eigenvalue weighted by Crippen LogP contribution is -2.32. The molecule has 0 aliphatic rings. The molecule has 5 aromatic carbocycles. The van der Waals surface area contributed by atoms with E-state index in [2.05, 4.69) is 5.32 Å². The minimum atomic E-state index is -3.99. The fourth-order valence-corrected chi connectivity index (χ4v) is 6.15. The van der Waals surface area contributed by atoms with E-state index in [1.807, 2.05) is 66.7 Å². The second-order valence-corrected chi connectivity index (χ2v) is 11.0. The van der Waals surface area contributed by atoms with E-state index < -0.39 is 15.9 Å². The number of hydrogen-bond acceptors (Lipinski definition) is 4. The Morgan fingerprint density at radius 2 is 1.33 bits per heavy atom.